The average Bonchev–Trinajstić information content (AvgIpc) is 2.81. The molecule has 2 aliphatic heterocycles. The highest BCUT2D eigenvalue weighted by Gasteiger charge is 2.58. The number of amides is 1. The molecule has 4 rings (SSSR count). The van der Waals surface area contributed by atoms with E-state index in [2.05, 4.69) is 0 Å². The van der Waals surface area contributed by atoms with Crippen molar-refractivity contribution in [3.05, 3.63) is 65.7 Å². The molecule has 1 saturated heterocycles. The van der Waals surface area contributed by atoms with Crippen LogP contribution in [0.2, 0.25) is 0 Å². The van der Waals surface area contributed by atoms with Gasteiger partial charge in [-0.15, -0.1) is 0 Å². The van der Waals surface area contributed by atoms with Gasteiger partial charge in [0.2, 0.25) is 6.23 Å². The fourth-order valence-corrected chi connectivity index (χ4v) is 3.21. The van der Waals surface area contributed by atoms with Crippen molar-refractivity contribution >= 4 is 12.1 Å². The first-order valence-corrected chi connectivity index (χ1v) is 7.45. The summed E-state index contributed by atoms with van der Waals surface area (Å²) in [7, 11) is 0. The molecule has 0 aromatic heterocycles. The number of hydrogen-bond acceptors (Lipinski definition) is 4. The quantitative estimate of drug-likeness (QED) is 0.800. The lowest BCUT2D eigenvalue weighted by molar-refractivity contribution is -0.145. The first kappa shape index (κ1) is 13.8. The number of carbonyl (C=O) groups is 2. The Morgan fingerprint density at radius 1 is 1.04 bits per heavy atom. The fourth-order valence-electron chi connectivity index (χ4n) is 3.21. The summed E-state index contributed by atoms with van der Waals surface area (Å²) in [6.07, 6.45) is -0.910. The first-order valence-electron chi connectivity index (χ1n) is 7.45. The third-order valence-corrected chi connectivity index (χ3v) is 4.39. The van der Waals surface area contributed by atoms with Crippen molar-refractivity contribution in [2.75, 3.05) is 0 Å². The molecule has 23 heavy (non-hydrogen) atoms. The van der Waals surface area contributed by atoms with Crippen LogP contribution in [-0.4, -0.2) is 22.5 Å². The molecule has 5 nitrogen and oxygen atoms in total. The predicted molar refractivity (Wildman–Crippen MR) is 81.7 cm³/mol. The van der Waals surface area contributed by atoms with Crippen LogP contribution in [-0.2, 0) is 16.0 Å². The molecule has 116 valence electrons. The minimum Gasteiger partial charge on any atom is -0.435 e. The van der Waals surface area contributed by atoms with E-state index >= 15 is 0 Å². The summed E-state index contributed by atoms with van der Waals surface area (Å²) in [5.74, 6) is 0.0236. The van der Waals surface area contributed by atoms with E-state index in [4.69, 9.17) is 9.47 Å². The van der Waals surface area contributed by atoms with Gasteiger partial charge in [0.05, 0.1) is 5.56 Å². The lowest BCUT2D eigenvalue weighted by Gasteiger charge is -2.36. The van der Waals surface area contributed by atoms with Crippen LogP contribution in [0.1, 0.15) is 24.3 Å². The van der Waals surface area contributed by atoms with E-state index in [1.54, 1.807) is 25.1 Å². The number of rotatable bonds is 2. The number of fused-ring (bicyclic) bond motifs is 3. The monoisotopic (exact) mass is 309 g/mol. The van der Waals surface area contributed by atoms with Crippen LogP contribution in [0.3, 0.4) is 0 Å². The van der Waals surface area contributed by atoms with Gasteiger partial charge in [-0.2, -0.15) is 0 Å². The maximum atomic E-state index is 12.6. The molecule has 0 unspecified atom stereocenters. The first-order chi connectivity index (χ1) is 11.1. The Balaban J connectivity index is 1.76. The minimum absolute atomic E-state index is 0.375. The van der Waals surface area contributed by atoms with Crippen LogP contribution >= 0.6 is 0 Å². The molecule has 2 aromatic rings. The van der Waals surface area contributed by atoms with E-state index in [9.17, 15) is 9.59 Å². The maximum Gasteiger partial charge on any atom is 0.419 e. The van der Waals surface area contributed by atoms with Crippen LogP contribution in [0, 0.1) is 0 Å². The standard InChI is InChI=1S/C18H15NO4/c1-18(11-12-7-3-2-4-8-12)16(20)23-15-13-9-5-6-10-14(13)22-17(21)19(15)18/h2-10,15H,11H2,1H3/t15-,18+/m1/s1. The van der Waals surface area contributed by atoms with Gasteiger partial charge in [0.25, 0.3) is 0 Å². The zero-order chi connectivity index (χ0) is 16.0. The summed E-state index contributed by atoms with van der Waals surface area (Å²) in [4.78, 5) is 26.4. The number of benzene rings is 2. The SMILES string of the molecule is C[C@]1(Cc2ccccc2)C(=O)O[C@@H]2c3ccccc3OC(=O)N21. The summed E-state index contributed by atoms with van der Waals surface area (Å²) in [5, 5.41) is 0. The highest BCUT2D eigenvalue weighted by Crippen LogP contribution is 2.45. The number of para-hydroxylation sites is 1. The van der Waals surface area contributed by atoms with Crippen LogP contribution < -0.4 is 4.74 Å². The van der Waals surface area contributed by atoms with E-state index < -0.39 is 23.8 Å². The van der Waals surface area contributed by atoms with Crippen molar-refractivity contribution in [2.45, 2.75) is 25.1 Å². The summed E-state index contributed by atoms with van der Waals surface area (Å²) in [6.45, 7) is 1.72. The number of carbonyl (C=O) groups excluding carboxylic acids is 2. The van der Waals surface area contributed by atoms with E-state index in [0.29, 0.717) is 17.7 Å². The van der Waals surface area contributed by atoms with Crippen LogP contribution in [0.5, 0.6) is 5.75 Å². The van der Waals surface area contributed by atoms with Gasteiger partial charge in [-0.1, -0.05) is 42.5 Å². The summed E-state index contributed by atoms with van der Waals surface area (Å²) in [6, 6.07) is 16.7. The summed E-state index contributed by atoms with van der Waals surface area (Å²) < 4.78 is 10.9. The second-order valence-electron chi connectivity index (χ2n) is 5.97. The number of nitrogens with zero attached hydrogens (tertiary/aromatic N) is 1. The number of hydrogen-bond donors (Lipinski definition) is 0. The van der Waals surface area contributed by atoms with Gasteiger partial charge >= 0.3 is 12.1 Å². The van der Waals surface area contributed by atoms with Gasteiger partial charge in [-0.05, 0) is 24.6 Å². The van der Waals surface area contributed by atoms with Crippen LogP contribution in [0.4, 0.5) is 4.79 Å². The van der Waals surface area contributed by atoms with Crippen LogP contribution in [0.25, 0.3) is 0 Å². The molecular weight excluding hydrogens is 294 g/mol. The Kier molecular flexibility index (Phi) is 2.91. The Bertz CT molecular complexity index is 789. The molecule has 2 heterocycles. The molecule has 0 bridgehead atoms. The predicted octanol–water partition coefficient (Wildman–Crippen LogP) is 3.06. The number of ether oxygens (including phenoxy) is 2. The van der Waals surface area contributed by atoms with E-state index in [0.717, 1.165) is 5.56 Å². The van der Waals surface area contributed by atoms with Gasteiger partial charge < -0.3 is 9.47 Å². The van der Waals surface area contributed by atoms with Gasteiger partial charge in [-0.25, -0.2) is 9.59 Å². The number of esters is 1. The third kappa shape index (κ3) is 2.00. The minimum atomic E-state index is -1.09. The zero-order valence-corrected chi connectivity index (χ0v) is 12.6. The Hall–Kier alpha value is -2.82. The highest BCUT2D eigenvalue weighted by molar-refractivity contribution is 5.90. The molecule has 2 aromatic carbocycles. The van der Waals surface area contributed by atoms with Crippen molar-refractivity contribution in [2.24, 2.45) is 0 Å². The van der Waals surface area contributed by atoms with Crippen molar-refractivity contribution < 1.29 is 19.1 Å². The average molecular weight is 309 g/mol. The highest BCUT2D eigenvalue weighted by atomic mass is 16.6. The van der Waals surface area contributed by atoms with E-state index in [1.165, 1.54) is 4.90 Å². The second-order valence-corrected chi connectivity index (χ2v) is 5.97. The lowest BCUT2D eigenvalue weighted by atomic mass is 9.91. The Morgan fingerprint density at radius 2 is 1.74 bits per heavy atom. The van der Waals surface area contributed by atoms with Crippen molar-refractivity contribution in [1.82, 2.24) is 4.90 Å². The lowest BCUT2D eigenvalue weighted by Crippen LogP contribution is -2.53. The molecule has 5 heteroatoms. The van der Waals surface area contributed by atoms with Crippen molar-refractivity contribution in [1.29, 1.82) is 0 Å². The largest absolute Gasteiger partial charge is 0.435 e. The van der Waals surface area contributed by atoms with Gasteiger partial charge in [0.1, 0.15) is 11.3 Å². The van der Waals surface area contributed by atoms with E-state index in [-0.39, 0.29) is 0 Å². The van der Waals surface area contributed by atoms with Crippen LogP contribution in [0.15, 0.2) is 54.6 Å². The Labute approximate surface area is 133 Å². The fraction of sp³-hybridized carbons (Fsp3) is 0.222. The summed E-state index contributed by atoms with van der Waals surface area (Å²) in [5.41, 5.74) is 0.563. The molecule has 0 radical (unpaired) electrons. The molecule has 0 spiro atoms. The molecular formula is C18H15NO4. The molecule has 0 N–H and O–H groups in total. The van der Waals surface area contributed by atoms with Gasteiger partial charge in [0.15, 0.2) is 0 Å². The van der Waals surface area contributed by atoms with E-state index in [1.807, 2.05) is 36.4 Å². The second kappa shape index (κ2) is 4.84. The van der Waals surface area contributed by atoms with Gasteiger partial charge in [-0.3, -0.25) is 4.90 Å². The van der Waals surface area contributed by atoms with Crippen molar-refractivity contribution in [3.8, 4) is 5.75 Å². The smallest absolute Gasteiger partial charge is 0.419 e. The topological polar surface area (TPSA) is 55.8 Å². The molecule has 0 saturated carbocycles. The molecule has 2 atom stereocenters. The van der Waals surface area contributed by atoms with Gasteiger partial charge in [0, 0.05) is 6.42 Å². The van der Waals surface area contributed by atoms with Crippen molar-refractivity contribution in [3.63, 3.8) is 0 Å². The molecule has 2 aliphatic rings. The molecule has 1 amide bonds. The normalized spacial score (nSPS) is 25.4. The molecule has 0 aliphatic carbocycles. The zero-order valence-electron chi connectivity index (χ0n) is 12.6. The summed E-state index contributed by atoms with van der Waals surface area (Å²) >= 11 is 0. The maximum absolute atomic E-state index is 12.6. The molecule has 1 fully saturated rings. The Morgan fingerprint density at radius 3 is 2.52 bits per heavy atom. The third-order valence-electron chi connectivity index (χ3n) is 4.39.